The summed E-state index contributed by atoms with van der Waals surface area (Å²) in [5.74, 6) is 0.597. The van der Waals surface area contributed by atoms with Crippen molar-refractivity contribution in [2.24, 2.45) is 10.9 Å². The monoisotopic (exact) mass is 385 g/mol. The Hall–Kier alpha value is -2.18. The van der Waals surface area contributed by atoms with Crippen molar-refractivity contribution in [1.82, 2.24) is 4.31 Å². The second-order valence-corrected chi connectivity index (χ2v) is 9.26. The molecular weight excluding hydrogens is 358 g/mol. The van der Waals surface area contributed by atoms with Crippen LogP contribution in [0.25, 0.3) is 0 Å². The second-order valence-electron chi connectivity index (χ2n) is 7.32. The van der Waals surface area contributed by atoms with Gasteiger partial charge in [-0.15, -0.1) is 0 Å². The lowest BCUT2D eigenvalue weighted by Gasteiger charge is -2.29. The predicted molar refractivity (Wildman–Crippen MR) is 112 cm³/mol. The number of hydrogen-bond donors (Lipinski definition) is 0. The normalized spacial score (nSPS) is 16.7. The Labute approximate surface area is 162 Å². The van der Waals surface area contributed by atoms with Crippen molar-refractivity contribution in [3.63, 3.8) is 0 Å². The van der Waals surface area contributed by atoms with Gasteiger partial charge in [-0.25, -0.2) is 8.42 Å². The van der Waals surface area contributed by atoms with E-state index >= 15 is 0 Å². The Kier molecular flexibility index (Phi) is 5.97. The van der Waals surface area contributed by atoms with E-state index in [9.17, 15) is 8.42 Å². The van der Waals surface area contributed by atoms with Crippen LogP contribution in [0.3, 0.4) is 0 Å². The topological polar surface area (TPSA) is 53.0 Å². The van der Waals surface area contributed by atoms with E-state index < -0.39 is 10.0 Å². The first-order valence-electron chi connectivity index (χ1n) is 9.28. The van der Waals surface area contributed by atoms with Gasteiger partial charge in [0.1, 0.15) is 0 Å². The maximum atomic E-state index is 12.8. The smallest absolute Gasteiger partial charge is 0.243 e. The van der Waals surface area contributed by atoms with Gasteiger partial charge in [0.15, 0.2) is 0 Å². The fraction of sp³-hybridized carbons (Fsp3) is 0.381. The average Bonchev–Trinajstić information content (AvgIpc) is 2.67. The number of aliphatic imine (C=N–C) groups is 1. The Bertz CT molecular complexity index is 880. The van der Waals surface area contributed by atoms with Crippen LogP contribution >= 0.6 is 0 Å². The summed E-state index contributed by atoms with van der Waals surface area (Å²) < 4.78 is 27.1. The lowest BCUT2D eigenvalue weighted by molar-refractivity contribution is 0.288. The van der Waals surface area contributed by atoms with Crippen LogP contribution < -0.4 is 4.90 Å². The SMILES string of the molecule is CC1CCN(S(=O)(=O)c2ccc(N=Cc3ccc(N(C)C)cc3)cc2)CC1. The molecule has 1 heterocycles. The van der Waals surface area contributed by atoms with Gasteiger partial charge < -0.3 is 4.90 Å². The van der Waals surface area contributed by atoms with Gasteiger partial charge in [-0.2, -0.15) is 4.31 Å². The average molecular weight is 386 g/mol. The van der Waals surface area contributed by atoms with Crippen LogP contribution in [0.1, 0.15) is 25.3 Å². The van der Waals surface area contributed by atoms with Crippen LogP contribution in [-0.4, -0.2) is 46.1 Å². The molecule has 144 valence electrons. The van der Waals surface area contributed by atoms with Crippen LogP contribution in [0.4, 0.5) is 11.4 Å². The molecule has 6 heteroatoms. The number of hydrogen-bond acceptors (Lipinski definition) is 4. The third kappa shape index (κ3) is 4.76. The van der Waals surface area contributed by atoms with Crippen molar-refractivity contribution < 1.29 is 8.42 Å². The maximum Gasteiger partial charge on any atom is 0.243 e. The summed E-state index contributed by atoms with van der Waals surface area (Å²) in [5, 5.41) is 0. The third-order valence-corrected chi connectivity index (χ3v) is 6.90. The highest BCUT2D eigenvalue weighted by atomic mass is 32.2. The highest BCUT2D eigenvalue weighted by molar-refractivity contribution is 7.89. The Morgan fingerprint density at radius 2 is 1.59 bits per heavy atom. The van der Waals surface area contributed by atoms with E-state index in [-0.39, 0.29) is 0 Å². The summed E-state index contributed by atoms with van der Waals surface area (Å²) in [6.45, 7) is 3.38. The fourth-order valence-corrected chi connectivity index (χ4v) is 4.56. The molecule has 0 saturated carbocycles. The lowest BCUT2D eigenvalue weighted by Crippen LogP contribution is -2.37. The molecule has 2 aromatic carbocycles. The molecule has 0 bridgehead atoms. The molecule has 0 unspecified atom stereocenters. The van der Waals surface area contributed by atoms with Crippen molar-refractivity contribution in [3.05, 3.63) is 54.1 Å². The molecule has 0 radical (unpaired) electrons. The molecule has 5 nitrogen and oxygen atoms in total. The van der Waals surface area contributed by atoms with Gasteiger partial charge in [-0.1, -0.05) is 19.1 Å². The molecule has 1 aliphatic rings. The quantitative estimate of drug-likeness (QED) is 0.733. The summed E-state index contributed by atoms with van der Waals surface area (Å²) in [7, 11) is 0.601. The van der Waals surface area contributed by atoms with Crippen LogP contribution in [-0.2, 0) is 10.0 Å². The highest BCUT2D eigenvalue weighted by Crippen LogP contribution is 2.25. The number of piperidine rings is 1. The number of benzene rings is 2. The van der Waals surface area contributed by atoms with Crippen LogP contribution in [0.15, 0.2) is 58.4 Å². The molecule has 1 fully saturated rings. The molecule has 0 aromatic heterocycles. The molecule has 0 N–H and O–H groups in total. The minimum atomic E-state index is -3.41. The molecule has 3 rings (SSSR count). The fourth-order valence-electron chi connectivity index (χ4n) is 3.09. The molecule has 0 spiro atoms. The summed E-state index contributed by atoms with van der Waals surface area (Å²) in [5.41, 5.74) is 2.87. The molecule has 1 saturated heterocycles. The predicted octanol–water partition coefficient (Wildman–Crippen LogP) is 3.92. The molecule has 27 heavy (non-hydrogen) atoms. The summed E-state index contributed by atoms with van der Waals surface area (Å²) in [6.07, 6.45) is 3.64. The molecule has 0 atom stereocenters. The van der Waals surface area contributed by atoms with Crippen molar-refractivity contribution in [2.75, 3.05) is 32.1 Å². The minimum Gasteiger partial charge on any atom is -0.378 e. The first-order chi connectivity index (χ1) is 12.9. The van der Waals surface area contributed by atoms with E-state index in [0.717, 1.165) is 29.8 Å². The molecule has 0 amide bonds. The number of anilines is 1. The Morgan fingerprint density at radius 3 is 2.15 bits per heavy atom. The van der Waals surface area contributed by atoms with E-state index in [1.807, 2.05) is 43.3 Å². The van der Waals surface area contributed by atoms with E-state index in [2.05, 4.69) is 11.9 Å². The molecule has 2 aromatic rings. The van der Waals surface area contributed by atoms with E-state index in [1.54, 1.807) is 34.8 Å². The lowest BCUT2D eigenvalue weighted by atomic mass is 10.0. The van der Waals surface area contributed by atoms with Gasteiger partial charge >= 0.3 is 0 Å². The van der Waals surface area contributed by atoms with Crippen LogP contribution in [0, 0.1) is 5.92 Å². The van der Waals surface area contributed by atoms with Gasteiger partial charge in [0.05, 0.1) is 10.6 Å². The van der Waals surface area contributed by atoms with E-state index in [1.165, 1.54) is 0 Å². The van der Waals surface area contributed by atoms with Crippen molar-refractivity contribution in [1.29, 1.82) is 0 Å². The summed E-state index contributed by atoms with van der Waals surface area (Å²) in [6, 6.07) is 14.9. The second kappa shape index (κ2) is 8.23. The van der Waals surface area contributed by atoms with Crippen LogP contribution in [0.5, 0.6) is 0 Å². The van der Waals surface area contributed by atoms with Crippen LogP contribution in [0.2, 0.25) is 0 Å². The zero-order valence-corrected chi connectivity index (χ0v) is 17.0. The Balaban J connectivity index is 1.69. The highest BCUT2D eigenvalue weighted by Gasteiger charge is 2.27. The minimum absolute atomic E-state index is 0.339. The van der Waals surface area contributed by atoms with Gasteiger partial charge in [-0.3, -0.25) is 4.99 Å². The zero-order chi connectivity index (χ0) is 19.4. The summed E-state index contributed by atoms with van der Waals surface area (Å²) in [4.78, 5) is 6.83. The van der Waals surface area contributed by atoms with Crippen molar-refractivity contribution in [2.45, 2.75) is 24.7 Å². The van der Waals surface area contributed by atoms with Crippen molar-refractivity contribution >= 4 is 27.6 Å². The van der Waals surface area contributed by atoms with Crippen molar-refractivity contribution in [3.8, 4) is 0 Å². The maximum absolute atomic E-state index is 12.8. The van der Waals surface area contributed by atoms with E-state index in [4.69, 9.17) is 0 Å². The summed E-state index contributed by atoms with van der Waals surface area (Å²) >= 11 is 0. The van der Waals surface area contributed by atoms with Gasteiger partial charge in [0.2, 0.25) is 10.0 Å². The zero-order valence-electron chi connectivity index (χ0n) is 16.2. The number of nitrogens with zero attached hydrogens (tertiary/aromatic N) is 3. The standard InChI is InChI=1S/C21H27N3O2S/c1-17-12-14-24(15-13-17)27(25,26)21-10-6-19(7-11-21)22-16-18-4-8-20(9-5-18)23(2)3/h4-11,16-17H,12-15H2,1-3H3. The Morgan fingerprint density at radius 1 is 1.00 bits per heavy atom. The van der Waals surface area contributed by atoms with Gasteiger partial charge in [-0.05, 0) is 60.7 Å². The third-order valence-electron chi connectivity index (χ3n) is 4.99. The molecule has 1 aliphatic heterocycles. The molecule has 0 aliphatic carbocycles. The number of rotatable bonds is 5. The van der Waals surface area contributed by atoms with Gasteiger partial charge in [0, 0.05) is 39.1 Å². The van der Waals surface area contributed by atoms with Gasteiger partial charge in [0.25, 0.3) is 0 Å². The number of sulfonamides is 1. The first kappa shape index (κ1) is 19.6. The van der Waals surface area contributed by atoms with E-state index in [0.29, 0.717) is 23.9 Å². The first-order valence-corrected chi connectivity index (χ1v) is 10.7. The molecular formula is C21H27N3O2S. The largest absolute Gasteiger partial charge is 0.378 e.